The summed E-state index contributed by atoms with van der Waals surface area (Å²) in [5.74, 6) is -4.11. The number of carbonyl (C=O) groups excluding carboxylic acids is 4. The lowest BCUT2D eigenvalue weighted by Gasteiger charge is -2.33. The van der Waals surface area contributed by atoms with E-state index in [2.05, 4.69) is 4.74 Å². The Morgan fingerprint density at radius 2 is 1.67 bits per heavy atom. The highest BCUT2D eigenvalue weighted by Crippen LogP contribution is 2.51. The normalized spacial score (nSPS) is 31.4. The van der Waals surface area contributed by atoms with Crippen molar-refractivity contribution in [2.45, 2.75) is 24.7 Å². The van der Waals surface area contributed by atoms with Gasteiger partial charge in [0.1, 0.15) is 5.75 Å². The average molecular weight is 330 g/mol. The van der Waals surface area contributed by atoms with E-state index >= 15 is 0 Å². The Morgan fingerprint density at radius 1 is 0.917 bits per heavy atom. The zero-order valence-corrected chi connectivity index (χ0v) is 12.8. The molecular weight excluding hydrogens is 316 g/mol. The molecular formula is C17H14O7. The van der Waals surface area contributed by atoms with Gasteiger partial charge in [-0.1, -0.05) is 6.07 Å². The molecule has 2 fully saturated rings. The summed E-state index contributed by atoms with van der Waals surface area (Å²) in [7, 11) is 1.50. The van der Waals surface area contributed by atoms with Crippen LogP contribution in [0.15, 0.2) is 18.2 Å². The maximum Gasteiger partial charge on any atom is 0.321 e. The van der Waals surface area contributed by atoms with E-state index in [-0.39, 0.29) is 18.8 Å². The third kappa shape index (κ3) is 2.04. The molecule has 24 heavy (non-hydrogen) atoms. The van der Waals surface area contributed by atoms with Crippen LogP contribution in [0.25, 0.3) is 0 Å². The fourth-order valence-corrected chi connectivity index (χ4v) is 3.98. The van der Waals surface area contributed by atoms with Crippen LogP contribution in [0, 0.1) is 11.8 Å². The molecule has 4 atom stereocenters. The van der Waals surface area contributed by atoms with E-state index in [1.165, 1.54) is 7.11 Å². The first-order valence-electron chi connectivity index (χ1n) is 7.67. The molecule has 2 saturated heterocycles. The van der Waals surface area contributed by atoms with Gasteiger partial charge >= 0.3 is 23.9 Å². The average Bonchev–Trinajstić information content (AvgIpc) is 3.04. The first-order valence-corrected chi connectivity index (χ1v) is 7.67. The number of hydrogen-bond acceptors (Lipinski definition) is 7. The summed E-state index contributed by atoms with van der Waals surface area (Å²) in [6, 6.07) is 5.21. The van der Waals surface area contributed by atoms with Crippen LogP contribution in [0.4, 0.5) is 0 Å². The van der Waals surface area contributed by atoms with Gasteiger partial charge in [-0.05, 0) is 35.6 Å². The number of esters is 4. The Hall–Kier alpha value is -2.70. The summed E-state index contributed by atoms with van der Waals surface area (Å²) < 4.78 is 14.7. The van der Waals surface area contributed by atoms with Gasteiger partial charge in [-0.2, -0.15) is 0 Å². The van der Waals surface area contributed by atoms with Crippen molar-refractivity contribution in [3.05, 3.63) is 29.3 Å². The SMILES string of the molecule is COc1ccc2c(c1)C1C(=O)OC(=O)C1CC2C1CC(=O)OC1=O. The second kappa shape index (κ2) is 5.15. The zero-order valence-electron chi connectivity index (χ0n) is 12.8. The van der Waals surface area contributed by atoms with Crippen LogP contribution in [0.1, 0.15) is 35.8 Å². The monoisotopic (exact) mass is 330 g/mol. The quantitative estimate of drug-likeness (QED) is 0.591. The predicted octanol–water partition coefficient (Wildman–Crippen LogP) is 1.06. The largest absolute Gasteiger partial charge is 0.497 e. The van der Waals surface area contributed by atoms with Crippen LogP contribution >= 0.6 is 0 Å². The van der Waals surface area contributed by atoms with Crippen LogP contribution in [0.5, 0.6) is 5.75 Å². The van der Waals surface area contributed by atoms with Gasteiger partial charge < -0.3 is 14.2 Å². The Bertz CT molecular complexity index is 781. The van der Waals surface area contributed by atoms with Crippen molar-refractivity contribution in [3.63, 3.8) is 0 Å². The van der Waals surface area contributed by atoms with E-state index in [9.17, 15) is 19.2 Å². The second-order valence-corrected chi connectivity index (χ2v) is 6.27. The molecule has 2 aliphatic heterocycles. The molecule has 4 rings (SSSR count). The Morgan fingerprint density at radius 3 is 2.33 bits per heavy atom. The molecule has 4 unspecified atom stereocenters. The van der Waals surface area contributed by atoms with Crippen molar-refractivity contribution in [1.82, 2.24) is 0 Å². The molecule has 1 aromatic rings. The Kier molecular flexibility index (Phi) is 3.19. The van der Waals surface area contributed by atoms with E-state index in [4.69, 9.17) is 9.47 Å². The maximum atomic E-state index is 12.1. The molecule has 3 aliphatic rings. The molecule has 0 N–H and O–H groups in total. The summed E-state index contributed by atoms with van der Waals surface area (Å²) in [6.45, 7) is 0. The van der Waals surface area contributed by atoms with Gasteiger partial charge in [0.05, 0.1) is 31.3 Å². The molecule has 0 amide bonds. The number of fused-ring (bicyclic) bond motifs is 3. The van der Waals surface area contributed by atoms with E-state index < -0.39 is 41.6 Å². The molecule has 0 spiro atoms. The summed E-state index contributed by atoms with van der Waals surface area (Å²) in [4.78, 5) is 47.6. The van der Waals surface area contributed by atoms with Gasteiger partial charge in [-0.25, -0.2) is 0 Å². The molecule has 1 aliphatic carbocycles. The summed E-state index contributed by atoms with van der Waals surface area (Å²) in [5.41, 5.74) is 1.39. The molecule has 7 heteroatoms. The molecule has 124 valence electrons. The maximum absolute atomic E-state index is 12.1. The minimum atomic E-state index is -0.688. The summed E-state index contributed by atoms with van der Waals surface area (Å²) >= 11 is 0. The van der Waals surface area contributed by atoms with Crippen LogP contribution < -0.4 is 4.74 Å². The third-order valence-electron chi connectivity index (χ3n) is 5.09. The third-order valence-corrected chi connectivity index (χ3v) is 5.09. The Labute approximate surface area is 136 Å². The molecule has 0 bridgehead atoms. The van der Waals surface area contributed by atoms with Crippen molar-refractivity contribution in [3.8, 4) is 5.75 Å². The van der Waals surface area contributed by atoms with Crippen LogP contribution in [0.3, 0.4) is 0 Å². The molecule has 0 aromatic heterocycles. The molecule has 7 nitrogen and oxygen atoms in total. The standard InChI is InChI=1S/C17H14O7/c1-22-7-2-3-8-9(11-6-13(18)23-15(11)19)5-12-14(10(8)4-7)17(21)24-16(12)20/h2-4,9,11-12,14H,5-6H2,1H3. The van der Waals surface area contributed by atoms with Gasteiger partial charge in [0, 0.05) is 0 Å². The van der Waals surface area contributed by atoms with E-state index in [0.717, 1.165) is 5.56 Å². The van der Waals surface area contributed by atoms with Crippen molar-refractivity contribution < 1.29 is 33.4 Å². The van der Waals surface area contributed by atoms with Crippen molar-refractivity contribution >= 4 is 23.9 Å². The van der Waals surface area contributed by atoms with Crippen molar-refractivity contribution in [1.29, 1.82) is 0 Å². The number of benzene rings is 1. The highest BCUT2D eigenvalue weighted by atomic mass is 16.6. The Balaban J connectivity index is 1.83. The molecule has 0 radical (unpaired) electrons. The lowest BCUT2D eigenvalue weighted by Crippen LogP contribution is -2.31. The van der Waals surface area contributed by atoms with Gasteiger partial charge in [0.2, 0.25) is 0 Å². The fraction of sp³-hybridized carbons (Fsp3) is 0.412. The van der Waals surface area contributed by atoms with Gasteiger partial charge in [-0.15, -0.1) is 0 Å². The van der Waals surface area contributed by atoms with E-state index in [0.29, 0.717) is 11.3 Å². The first-order chi connectivity index (χ1) is 11.5. The van der Waals surface area contributed by atoms with Gasteiger partial charge in [-0.3, -0.25) is 19.2 Å². The molecule has 1 aromatic carbocycles. The van der Waals surface area contributed by atoms with Gasteiger partial charge in [0.25, 0.3) is 0 Å². The minimum absolute atomic E-state index is 0.0185. The lowest BCUT2D eigenvalue weighted by atomic mass is 9.67. The summed E-state index contributed by atoms with van der Waals surface area (Å²) in [5, 5.41) is 0. The van der Waals surface area contributed by atoms with Crippen molar-refractivity contribution in [2.75, 3.05) is 7.11 Å². The minimum Gasteiger partial charge on any atom is -0.497 e. The smallest absolute Gasteiger partial charge is 0.321 e. The van der Waals surface area contributed by atoms with Crippen LogP contribution in [-0.2, 0) is 28.7 Å². The van der Waals surface area contributed by atoms with E-state index in [1.807, 2.05) is 0 Å². The van der Waals surface area contributed by atoms with E-state index in [1.54, 1.807) is 18.2 Å². The number of ether oxygens (including phenoxy) is 3. The van der Waals surface area contributed by atoms with Crippen LogP contribution in [0.2, 0.25) is 0 Å². The topological polar surface area (TPSA) is 96.0 Å². The number of methoxy groups -OCH3 is 1. The highest BCUT2D eigenvalue weighted by molar-refractivity contribution is 6.01. The molecule has 2 heterocycles. The van der Waals surface area contributed by atoms with Gasteiger partial charge in [0.15, 0.2) is 0 Å². The first kappa shape index (κ1) is 14.9. The van der Waals surface area contributed by atoms with Crippen LogP contribution in [-0.4, -0.2) is 31.0 Å². The summed E-state index contributed by atoms with van der Waals surface area (Å²) in [6.07, 6.45) is 0.261. The number of hydrogen-bond donors (Lipinski definition) is 0. The number of rotatable bonds is 2. The number of carbonyl (C=O) groups is 4. The highest BCUT2D eigenvalue weighted by Gasteiger charge is 2.53. The fourth-order valence-electron chi connectivity index (χ4n) is 3.98. The number of cyclic esters (lactones) is 4. The lowest BCUT2D eigenvalue weighted by molar-refractivity contribution is -0.155. The van der Waals surface area contributed by atoms with Crippen molar-refractivity contribution in [2.24, 2.45) is 11.8 Å². The zero-order chi connectivity index (χ0) is 17.0. The predicted molar refractivity (Wildman–Crippen MR) is 76.9 cm³/mol. The molecule has 0 saturated carbocycles. The second-order valence-electron chi connectivity index (χ2n) is 6.27.